The quantitative estimate of drug-likeness (QED) is 0.292. The number of anilines is 4. The molecule has 1 aromatic heterocycles. The molecular weight excluding hydrogens is 451 g/mol. The van der Waals surface area contributed by atoms with Crippen LogP contribution in [0.4, 0.5) is 33.6 Å². The van der Waals surface area contributed by atoms with E-state index in [1.807, 2.05) is 0 Å². The van der Waals surface area contributed by atoms with Crippen LogP contribution >= 0.6 is 12.4 Å². The lowest BCUT2D eigenvalue weighted by Gasteiger charge is -2.26. The van der Waals surface area contributed by atoms with Crippen LogP contribution in [0.2, 0.25) is 0 Å². The molecule has 0 atom stereocenters. The summed E-state index contributed by atoms with van der Waals surface area (Å²) in [5.74, 6) is 0.607. The predicted molar refractivity (Wildman–Crippen MR) is 127 cm³/mol. The van der Waals surface area contributed by atoms with E-state index in [0.29, 0.717) is 17.2 Å². The number of halogens is 2. The summed E-state index contributed by atoms with van der Waals surface area (Å²) in [7, 11) is 0. The highest BCUT2D eigenvalue weighted by atomic mass is 35.5. The van der Waals surface area contributed by atoms with Crippen LogP contribution in [0, 0.1) is 15.9 Å². The van der Waals surface area contributed by atoms with Crippen molar-refractivity contribution >= 4 is 47.8 Å². The summed E-state index contributed by atoms with van der Waals surface area (Å²) in [6.45, 7) is 1.66. The minimum Gasteiger partial charge on any atom is -0.341 e. The second kappa shape index (κ2) is 11.1. The second-order valence-corrected chi connectivity index (χ2v) is 7.15. The van der Waals surface area contributed by atoms with Gasteiger partial charge >= 0.3 is 0 Å². The van der Waals surface area contributed by atoms with E-state index in [9.17, 15) is 14.5 Å². The molecule has 2 heterocycles. The maximum Gasteiger partial charge on any atom is 0.278 e. The minimum absolute atomic E-state index is 0. The molecule has 0 unspecified atom stereocenters. The van der Waals surface area contributed by atoms with Gasteiger partial charge in [-0.1, -0.05) is 12.1 Å². The third kappa shape index (κ3) is 6.32. The third-order valence-electron chi connectivity index (χ3n) is 4.86. The van der Waals surface area contributed by atoms with E-state index in [1.54, 1.807) is 30.3 Å². The van der Waals surface area contributed by atoms with Crippen molar-refractivity contribution < 1.29 is 9.31 Å². The van der Waals surface area contributed by atoms with Gasteiger partial charge in [0.15, 0.2) is 0 Å². The summed E-state index contributed by atoms with van der Waals surface area (Å²) in [5, 5.41) is 18.3. The van der Waals surface area contributed by atoms with E-state index >= 15 is 0 Å². The molecule has 33 heavy (non-hydrogen) atoms. The first-order chi connectivity index (χ1) is 15.6. The molecule has 1 fully saturated rings. The van der Waals surface area contributed by atoms with E-state index in [4.69, 9.17) is 0 Å². The smallest absolute Gasteiger partial charge is 0.278 e. The van der Waals surface area contributed by atoms with E-state index in [1.165, 1.54) is 24.4 Å². The van der Waals surface area contributed by atoms with Crippen molar-refractivity contribution in [2.45, 2.75) is 19.3 Å². The van der Waals surface area contributed by atoms with Crippen LogP contribution in [-0.4, -0.2) is 39.2 Å². The molecule has 0 spiro atoms. The fourth-order valence-electron chi connectivity index (χ4n) is 3.29. The van der Waals surface area contributed by atoms with Crippen molar-refractivity contribution in [3.63, 3.8) is 0 Å². The van der Waals surface area contributed by atoms with Crippen molar-refractivity contribution in [1.29, 1.82) is 0 Å². The molecular formula is C21H22ClFN8O2. The van der Waals surface area contributed by atoms with Gasteiger partial charge in [0, 0.05) is 24.8 Å². The number of hydrogen-bond acceptors (Lipinski definition) is 9. The monoisotopic (exact) mass is 472 g/mol. The number of nitrogens with one attached hydrogen (secondary N) is 2. The van der Waals surface area contributed by atoms with Gasteiger partial charge in [0.2, 0.25) is 17.8 Å². The van der Waals surface area contributed by atoms with Crippen molar-refractivity contribution in [1.82, 2.24) is 15.0 Å². The predicted octanol–water partition coefficient (Wildman–Crippen LogP) is 4.52. The second-order valence-electron chi connectivity index (χ2n) is 7.15. The molecule has 4 rings (SSSR count). The van der Waals surface area contributed by atoms with Crippen LogP contribution in [0.15, 0.2) is 53.6 Å². The molecule has 2 aromatic carbocycles. The molecule has 12 heteroatoms. The Balaban J connectivity index is 0.00000306. The maximum absolute atomic E-state index is 13.2. The average Bonchev–Trinajstić information content (AvgIpc) is 2.81. The Morgan fingerprint density at radius 1 is 1.00 bits per heavy atom. The van der Waals surface area contributed by atoms with Crippen LogP contribution in [0.1, 0.15) is 24.8 Å². The Morgan fingerprint density at radius 2 is 1.70 bits per heavy atom. The van der Waals surface area contributed by atoms with Gasteiger partial charge < -0.3 is 10.2 Å². The Morgan fingerprint density at radius 3 is 2.42 bits per heavy atom. The van der Waals surface area contributed by atoms with E-state index in [-0.39, 0.29) is 35.8 Å². The van der Waals surface area contributed by atoms with E-state index in [2.05, 4.69) is 35.7 Å². The van der Waals surface area contributed by atoms with Gasteiger partial charge in [-0.2, -0.15) is 20.1 Å². The highest BCUT2D eigenvalue weighted by Gasteiger charge is 2.17. The van der Waals surface area contributed by atoms with Crippen LogP contribution in [-0.2, 0) is 0 Å². The minimum atomic E-state index is -0.469. The van der Waals surface area contributed by atoms with Crippen LogP contribution in [0.5, 0.6) is 0 Å². The highest BCUT2D eigenvalue weighted by Crippen LogP contribution is 2.21. The number of nitrogens with zero attached hydrogens (tertiary/aromatic N) is 6. The molecule has 0 amide bonds. The zero-order chi connectivity index (χ0) is 22.3. The van der Waals surface area contributed by atoms with E-state index in [0.717, 1.165) is 32.4 Å². The summed E-state index contributed by atoms with van der Waals surface area (Å²) < 4.78 is 13.2. The zero-order valence-corrected chi connectivity index (χ0v) is 18.3. The molecule has 1 aliphatic heterocycles. The van der Waals surface area contributed by atoms with Crippen LogP contribution < -0.4 is 15.6 Å². The topological polar surface area (TPSA) is 121 Å². The SMILES string of the molecule is Cl.O=[N+]([O-])c1ccccc1/C=N/Nc1nc(Nc2ccc(F)cc2)nc(N2CCCCC2)n1. The number of nitro groups is 1. The van der Waals surface area contributed by atoms with Crippen molar-refractivity contribution in [2.24, 2.45) is 5.10 Å². The van der Waals surface area contributed by atoms with Gasteiger partial charge in [0.25, 0.3) is 5.69 Å². The third-order valence-corrected chi connectivity index (χ3v) is 4.86. The van der Waals surface area contributed by atoms with Gasteiger partial charge in [-0.25, -0.2) is 9.82 Å². The molecule has 1 saturated heterocycles. The van der Waals surface area contributed by atoms with Gasteiger partial charge in [0.05, 0.1) is 16.7 Å². The summed E-state index contributed by atoms with van der Waals surface area (Å²) >= 11 is 0. The van der Waals surface area contributed by atoms with E-state index < -0.39 is 4.92 Å². The van der Waals surface area contributed by atoms with Gasteiger partial charge in [-0.3, -0.25) is 10.1 Å². The lowest BCUT2D eigenvalue weighted by atomic mass is 10.1. The molecule has 0 bridgehead atoms. The summed E-state index contributed by atoms with van der Waals surface area (Å²) in [4.78, 5) is 26.0. The lowest BCUT2D eigenvalue weighted by molar-refractivity contribution is -0.385. The molecule has 10 nitrogen and oxygen atoms in total. The molecule has 0 aliphatic carbocycles. The summed E-state index contributed by atoms with van der Waals surface area (Å²) in [5.41, 5.74) is 3.65. The van der Waals surface area contributed by atoms with Crippen molar-refractivity contribution in [3.05, 3.63) is 70.0 Å². The largest absolute Gasteiger partial charge is 0.341 e. The summed E-state index contributed by atoms with van der Waals surface area (Å²) in [6, 6.07) is 12.1. The van der Waals surface area contributed by atoms with Gasteiger partial charge in [-0.05, 0) is 49.6 Å². The first-order valence-electron chi connectivity index (χ1n) is 10.1. The van der Waals surface area contributed by atoms with Crippen LogP contribution in [0.3, 0.4) is 0 Å². The number of benzene rings is 2. The molecule has 2 N–H and O–H groups in total. The Kier molecular flexibility index (Phi) is 8.03. The number of hydrogen-bond donors (Lipinski definition) is 2. The maximum atomic E-state index is 13.2. The average molecular weight is 473 g/mol. The number of piperidine rings is 1. The summed E-state index contributed by atoms with van der Waals surface area (Å²) in [6.07, 6.45) is 4.60. The van der Waals surface area contributed by atoms with Crippen molar-refractivity contribution in [3.8, 4) is 0 Å². The molecule has 0 radical (unpaired) electrons. The van der Waals surface area contributed by atoms with Gasteiger partial charge in [0.1, 0.15) is 5.82 Å². The fraction of sp³-hybridized carbons (Fsp3) is 0.238. The standard InChI is InChI=1S/C21H21FN8O2.ClH/c22-16-8-10-17(11-9-16)24-19-25-20(27-21(26-19)29-12-4-1-5-13-29)28-23-14-15-6-2-3-7-18(15)30(31)32;/h2-3,6-11,14H,1,4-5,12-13H2,(H2,24,25,26,27,28);1H/b23-14+;. The number of rotatable bonds is 7. The normalized spacial score (nSPS) is 13.4. The number of aromatic nitrogens is 3. The Hall–Kier alpha value is -3.86. The number of hydrazone groups is 1. The fourth-order valence-corrected chi connectivity index (χ4v) is 3.29. The zero-order valence-electron chi connectivity index (χ0n) is 17.5. The van der Waals surface area contributed by atoms with Gasteiger partial charge in [-0.15, -0.1) is 12.4 Å². The van der Waals surface area contributed by atoms with Crippen LogP contribution in [0.25, 0.3) is 0 Å². The molecule has 1 aliphatic rings. The molecule has 0 saturated carbocycles. The van der Waals surface area contributed by atoms with Crippen molar-refractivity contribution in [2.75, 3.05) is 28.7 Å². The first-order valence-corrected chi connectivity index (χ1v) is 10.1. The molecule has 172 valence electrons. The Labute approximate surface area is 195 Å². The highest BCUT2D eigenvalue weighted by molar-refractivity contribution is 5.85. The Bertz CT molecular complexity index is 1120. The number of para-hydroxylation sites is 1. The molecule has 3 aromatic rings. The lowest BCUT2D eigenvalue weighted by Crippen LogP contribution is -2.31. The first kappa shape index (κ1) is 23.8. The number of nitro benzene ring substituents is 1.